The van der Waals surface area contributed by atoms with E-state index in [2.05, 4.69) is 59.7 Å². The van der Waals surface area contributed by atoms with Gasteiger partial charge < -0.3 is 14.2 Å². The molecule has 0 amide bonds. The van der Waals surface area contributed by atoms with Crippen LogP contribution in [-0.4, -0.2) is 40.7 Å². The van der Waals surface area contributed by atoms with E-state index in [0.29, 0.717) is 6.61 Å². The van der Waals surface area contributed by atoms with Crippen LogP contribution >= 0.6 is 11.8 Å². The molecule has 138 valence electrons. The third kappa shape index (κ3) is 4.40. The molecule has 3 aromatic rings. The molecule has 0 aliphatic carbocycles. The van der Waals surface area contributed by atoms with Crippen molar-refractivity contribution in [2.75, 3.05) is 26.2 Å². The maximum Gasteiger partial charge on any atom is 0.173 e. The monoisotopic (exact) mass is 369 g/mol. The largest absolute Gasteiger partial charge is 0.494 e. The molecule has 4 nitrogen and oxygen atoms in total. The first-order valence-corrected chi connectivity index (χ1v) is 10.1. The third-order valence-corrected chi connectivity index (χ3v) is 5.50. The quantitative estimate of drug-likeness (QED) is 0.535. The van der Waals surface area contributed by atoms with Gasteiger partial charge in [-0.25, -0.2) is 4.98 Å². The topological polar surface area (TPSA) is 30.3 Å². The molecule has 0 radical (unpaired) electrons. The molecular formula is C21H27N3OS. The van der Waals surface area contributed by atoms with Crippen LogP contribution in [0.2, 0.25) is 0 Å². The summed E-state index contributed by atoms with van der Waals surface area (Å²) in [4.78, 5) is 8.49. The highest BCUT2D eigenvalue weighted by atomic mass is 32.2. The Hall–Kier alpha value is -1.98. The number of rotatable bonds is 9. The first kappa shape index (κ1) is 18.8. The van der Waals surface area contributed by atoms with Crippen LogP contribution in [0.15, 0.2) is 58.6 Å². The van der Waals surface area contributed by atoms with Gasteiger partial charge in [-0.05, 0) is 56.4 Å². The molecule has 5 heteroatoms. The molecule has 0 aliphatic rings. The first-order valence-electron chi connectivity index (χ1n) is 9.33. The van der Waals surface area contributed by atoms with Gasteiger partial charge in [0.05, 0.1) is 17.6 Å². The number of para-hydroxylation sites is 2. The summed E-state index contributed by atoms with van der Waals surface area (Å²) in [5, 5.41) is 1.04. The summed E-state index contributed by atoms with van der Waals surface area (Å²) in [6.07, 6.45) is 0. The summed E-state index contributed by atoms with van der Waals surface area (Å²) in [5.41, 5.74) is 2.26. The number of ether oxygens (including phenoxy) is 1. The molecule has 0 fully saturated rings. The molecule has 0 N–H and O–H groups in total. The predicted octanol–water partition coefficient (Wildman–Crippen LogP) is 4.93. The van der Waals surface area contributed by atoms with Gasteiger partial charge in [0.25, 0.3) is 0 Å². The van der Waals surface area contributed by atoms with E-state index in [-0.39, 0.29) is 0 Å². The lowest BCUT2D eigenvalue weighted by Crippen LogP contribution is -2.27. The van der Waals surface area contributed by atoms with E-state index >= 15 is 0 Å². The fraction of sp³-hybridized carbons (Fsp3) is 0.381. The number of imidazole rings is 1. The van der Waals surface area contributed by atoms with Crippen molar-refractivity contribution in [1.29, 1.82) is 0 Å². The Morgan fingerprint density at radius 3 is 2.42 bits per heavy atom. The van der Waals surface area contributed by atoms with E-state index < -0.39 is 0 Å². The zero-order valence-electron chi connectivity index (χ0n) is 15.8. The lowest BCUT2D eigenvalue weighted by molar-refractivity contribution is 0.288. The molecule has 0 aliphatic heterocycles. The van der Waals surface area contributed by atoms with Crippen molar-refractivity contribution < 1.29 is 4.74 Å². The second-order valence-corrected chi connectivity index (χ2v) is 7.11. The van der Waals surface area contributed by atoms with E-state index in [0.717, 1.165) is 42.6 Å². The van der Waals surface area contributed by atoms with E-state index in [9.17, 15) is 0 Å². The fourth-order valence-corrected chi connectivity index (χ4v) is 3.93. The molecule has 26 heavy (non-hydrogen) atoms. The minimum absolute atomic E-state index is 0.688. The smallest absolute Gasteiger partial charge is 0.173 e. The highest BCUT2D eigenvalue weighted by Gasteiger charge is 2.13. The minimum atomic E-state index is 0.688. The summed E-state index contributed by atoms with van der Waals surface area (Å²) in [5.74, 6) is 0.909. The second kappa shape index (κ2) is 9.10. The Labute approximate surface area is 160 Å². The third-order valence-electron chi connectivity index (χ3n) is 4.50. The molecule has 2 aromatic carbocycles. The molecule has 1 heterocycles. The first-order chi connectivity index (χ1) is 12.7. The average molecular weight is 370 g/mol. The standard InChI is InChI=1S/C21H27N3OS/c1-4-23(5-2)15-16-24-20-10-8-7-9-19(20)22-21(24)26-18-13-11-17(12-14-18)25-6-3/h7-14H,4-6,15-16H2,1-3H3. The Bertz CT molecular complexity index is 825. The fourth-order valence-electron chi connectivity index (χ4n) is 3.00. The zero-order chi connectivity index (χ0) is 18.4. The average Bonchev–Trinajstić information content (AvgIpc) is 3.02. The molecule has 3 rings (SSSR count). The van der Waals surface area contributed by atoms with Crippen molar-refractivity contribution in [1.82, 2.24) is 14.5 Å². The minimum Gasteiger partial charge on any atom is -0.494 e. The maximum absolute atomic E-state index is 5.54. The molecule has 0 saturated heterocycles. The Morgan fingerprint density at radius 2 is 1.73 bits per heavy atom. The van der Waals surface area contributed by atoms with Gasteiger partial charge in [0.2, 0.25) is 0 Å². The number of hydrogen-bond donors (Lipinski definition) is 0. The highest BCUT2D eigenvalue weighted by Crippen LogP contribution is 2.31. The SMILES string of the molecule is CCOc1ccc(Sc2nc3ccccc3n2CCN(CC)CC)cc1. The van der Waals surface area contributed by atoms with E-state index in [1.54, 1.807) is 11.8 Å². The van der Waals surface area contributed by atoms with Gasteiger partial charge in [0.15, 0.2) is 5.16 Å². The van der Waals surface area contributed by atoms with Crippen LogP contribution in [-0.2, 0) is 6.54 Å². The van der Waals surface area contributed by atoms with Crippen LogP contribution in [0.1, 0.15) is 20.8 Å². The molecule has 0 bridgehead atoms. The van der Waals surface area contributed by atoms with Crippen molar-refractivity contribution in [2.24, 2.45) is 0 Å². The van der Waals surface area contributed by atoms with Crippen molar-refractivity contribution in [3.05, 3.63) is 48.5 Å². The maximum atomic E-state index is 5.54. The van der Waals surface area contributed by atoms with Gasteiger partial charge in [0, 0.05) is 18.0 Å². The van der Waals surface area contributed by atoms with Crippen molar-refractivity contribution in [3.63, 3.8) is 0 Å². The normalized spacial score (nSPS) is 11.4. The Kier molecular flexibility index (Phi) is 6.58. The van der Waals surface area contributed by atoms with Gasteiger partial charge in [-0.3, -0.25) is 0 Å². The van der Waals surface area contributed by atoms with Crippen LogP contribution in [0.5, 0.6) is 5.75 Å². The van der Waals surface area contributed by atoms with E-state index in [4.69, 9.17) is 9.72 Å². The van der Waals surface area contributed by atoms with Crippen molar-refractivity contribution in [3.8, 4) is 5.75 Å². The Morgan fingerprint density at radius 1 is 1.00 bits per heavy atom. The van der Waals surface area contributed by atoms with Gasteiger partial charge in [-0.1, -0.05) is 37.7 Å². The summed E-state index contributed by atoms with van der Waals surface area (Å²) >= 11 is 1.71. The number of aromatic nitrogens is 2. The molecule has 0 spiro atoms. The predicted molar refractivity (Wildman–Crippen MR) is 109 cm³/mol. The second-order valence-electron chi connectivity index (χ2n) is 6.07. The van der Waals surface area contributed by atoms with Gasteiger partial charge >= 0.3 is 0 Å². The van der Waals surface area contributed by atoms with Crippen molar-refractivity contribution in [2.45, 2.75) is 37.4 Å². The summed E-state index contributed by atoms with van der Waals surface area (Å²) in [6.45, 7) is 11.2. The molecule has 0 unspecified atom stereocenters. The van der Waals surface area contributed by atoms with Crippen LogP contribution in [0.25, 0.3) is 11.0 Å². The molecule has 0 saturated carbocycles. The number of likely N-dealkylation sites (N-methyl/N-ethyl adjacent to an activating group) is 1. The van der Waals surface area contributed by atoms with Crippen LogP contribution in [0, 0.1) is 0 Å². The molecule has 0 atom stereocenters. The van der Waals surface area contributed by atoms with E-state index in [1.807, 2.05) is 19.1 Å². The molecule has 1 aromatic heterocycles. The molecular weight excluding hydrogens is 342 g/mol. The van der Waals surface area contributed by atoms with Crippen LogP contribution in [0.3, 0.4) is 0 Å². The van der Waals surface area contributed by atoms with Gasteiger partial charge in [-0.2, -0.15) is 0 Å². The lowest BCUT2D eigenvalue weighted by atomic mass is 10.3. The number of hydrogen-bond acceptors (Lipinski definition) is 4. The lowest BCUT2D eigenvalue weighted by Gasteiger charge is -2.19. The van der Waals surface area contributed by atoms with E-state index in [1.165, 1.54) is 10.4 Å². The van der Waals surface area contributed by atoms with Crippen LogP contribution < -0.4 is 4.74 Å². The summed E-state index contributed by atoms with van der Waals surface area (Å²) in [7, 11) is 0. The zero-order valence-corrected chi connectivity index (χ0v) is 16.6. The highest BCUT2D eigenvalue weighted by molar-refractivity contribution is 7.99. The number of fused-ring (bicyclic) bond motifs is 1. The van der Waals surface area contributed by atoms with Gasteiger partial charge in [-0.15, -0.1) is 0 Å². The van der Waals surface area contributed by atoms with Crippen LogP contribution in [0.4, 0.5) is 0 Å². The number of benzene rings is 2. The number of nitrogens with zero attached hydrogens (tertiary/aromatic N) is 3. The van der Waals surface area contributed by atoms with Gasteiger partial charge in [0.1, 0.15) is 5.75 Å². The summed E-state index contributed by atoms with van der Waals surface area (Å²) < 4.78 is 7.88. The summed E-state index contributed by atoms with van der Waals surface area (Å²) in [6, 6.07) is 16.6. The van der Waals surface area contributed by atoms with Crippen molar-refractivity contribution >= 4 is 22.8 Å². The Balaban J connectivity index is 1.85.